The van der Waals surface area contributed by atoms with E-state index in [1.165, 1.54) is 12.0 Å². The van der Waals surface area contributed by atoms with Crippen LogP contribution in [0, 0.1) is 0 Å². The Bertz CT molecular complexity index is 715. The van der Waals surface area contributed by atoms with Gasteiger partial charge < -0.3 is 20.7 Å². The van der Waals surface area contributed by atoms with Gasteiger partial charge in [-0.1, -0.05) is 0 Å². The van der Waals surface area contributed by atoms with Gasteiger partial charge in [-0.25, -0.2) is 22.4 Å². The van der Waals surface area contributed by atoms with Crippen LogP contribution in [-0.2, 0) is 11.2 Å². The minimum atomic E-state index is -3.02. The molecule has 0 unspecified atom stereocenters. The van der Waals surface area contributed by atoms with E-state index in [4.69, 9.17) is 10.5 Å². The summed E-state index contributed by atoms with van der Waals surface area (Å²) in [4.78, 5) is 13.6. The molecule has 0 bridgehead atoms. The fourth-order valence-corrected chi connectivity index (χ4v) is 5.21. The summed E-state index contributed by atoms with van der Waals surface area (Å²) in [5, 5.41) is 2.65. The second-order valence-electron chi connectivity index (χ2n) is 6.65. The van der Waals surface area contributed by atoms with Crippen molar-refractivity contribution < 1.29 is 27.1 Å². The van der Waals surface area contributed by atoms with Gasteiger partial charge in [0.05, 0.1) is 29.7 Å². The van der Waals surface area contributed by atoms with E-state index in [1.807, 2.05) is 0 Å². The Kier molecular flexibility index (Phi) is 5.28. The number of hydrogen-bond acceptors (Lipinski definition) is 6. The number of ether oxygens (including phenoxy) is 1. The highest BCUT2D eigenvalue weighted by atomic mass is 79.9. The van der Waals surface area contributed by atoms with Crippen molar-refractivity contribution in [2.75, 3.05) is 31.6 Å². The summed E-state index contributed by atoms with van der Waals surface area (Å²) in [6.07, 6.45) is -0.954. The number of fused-ring (bicyclic) bond motifs is 1. The molecule has 3 heterocycles. The summed E-state index contributed by atoms with van der Waals surface area (Å²) in [6.45, 7) is -1.20. The number of carbonyl (C=O) groups is 1. The number of rotatable bonds is 4. The maximum Gasteiger partial charge on any atom is 0.350 e. The van der Waals surface area contributed by atoms with Gasteiger partial charge in [0.2, 0.25) is 0 Å². The molecular weight excluding hydrogens is 442 g/mol. The highest BCUT2D eigenvalue weighted by Crippen LogP contribution is 2.46. The van der Waals surface area contributed by atoms with Crippen molar-refractivity contribution in [3.8, 4) is 0 Å². The number of halogens is 5. The number of nitrogens with zero attached hydrogens (tertiary/aromatic N) is 1. The highest BCUT2D eigenvalue weighted by molar-refractivity contribution is 9.11. The molecule has 1 saturated heterocycles. The van der Waals surface area contributed by atoms with E-state index in [2.05, 4.69) is 21.2 Å². The fourth-order valence-electron chi connectivity index (χ4n) is 3.41. The number of methoxy groups -OCH3 is 1. The Balaban J connectivity index is 1.89. The first kappa shape index (κ1) is 19.8. The summed E-state index contributed by atoms with van der Waals surface area (Å²) in [5.41, 5.74) is 6.69. The van der Waals surface area contributed by atoms with Crippen LogP contribution in [0.5, 0.6) is 0 Å². The summed E-state index contributed by atoms with van der Waals surface area (Å²) in [7, 11) is 1.21. The molecule has 0 aromatic carbocycles. The third-order valence-corrected chi connectivity index (χ3v) is 6.52. The van der Waals surface area contributed by atoms with Crippen LogP contribution in [-0.4, -0.2) is 56.6 Å². The standard InChI is InChI=1S/C15H18BrF4N3O2S/c1-25-13(24)11-10-7(12(16)26-11)2-15(19,20)6-23(10)4-8(21)9-3-14(17,18)5-22-9/h8-9,22H,2-6,21H2,1H3/t8-,9-/m0/s1. The number of anilines is 1. The Morgan fingerprint density at radius 1 is 1.46 bits per heavy atom. The zero-order valence-electron chi connectivity index (χ0n) is 13.8. The van der Waals surface area contributed by atoms with Gasteiger partial charge in [0.1, 0.15) is 4.88 Å². The van der Waals surface area contributed by atoms with Crippen molar-refractivity contribution >= 4 is 38.9 Å². The van der Waals surface area contributed by atoms with Crippen molar-refractivity contribution in [3.05, 3.63) is 14.2 Å². The third kappa shape index (κ3) is 3.85. The minimum absolute atomic E-state index is 0.0799. The predicted octanol–water partition coefficient (Wildman–Crippen LogP) is 2.62. The largest absolute Gasteiger partial charge is 0.465 e. The van der Waals surface area contributed by atoms with Gasteiger partial charge in [0.15, 0.2) is 0 Å². The molecule has 2 aliphatic rings. The molecule has 26 heavy (non-hydrogen) atoms. The molecule has 0 radical (unpaired) electrons. The van der Waals surface area contributed by atoms with E-state index in [9.17, 15) is 22.4 Å². The van der Waals surface area contributed by atoms with Gasteiger partial charge in [0.25, 0.3) is 11.8 Å². The fraction of sp³-hybridized carbons (Fsp3) is 0.667. The maximum atomic E-state index is 14.2. The van der Waals surface area contributed by atoms with Crippen LogP contribution in [0.2, 0.25) is 0 Å². The molecule has 3 rings (SSSR count). The number of carbonyl (C=O) groups excluding carboxylic acids is 1. The number of alkyl halides is 4. The minimum Gasteiger partial charge on any atom is -0.465 e. The normalized spacial score (nSPS) is 25.0. The van der Waals surface area contributed by atoms with Crippen molar-refractivity contribution in [1.82, 2.24) is 5.32 Å². The van der Waals surface area contributed by atoms with Crippen LogP contribution in [0.1, 0.15) is 21.7 Å². The number of nitrogens with two attached hydrogens (primary N) is 1. The van der Waals surface area contributed by atoms with Crippen LogP contribution in [0.4, 0.5) is 23.2 Å². The lowest BCUT2D eigenvalue weighted by Crippen LogP contribution is -2.53. The summed E-state index contributed by atoms with van der Waals surface area (Å²) in [6, 6.07) is -1.48. The molecular formula is C15H18BrF4N3O2S. The lowest BCUT2D eigenvalue weighted by Gasteiger charge is -2.37. The molecule has 1 aromatic rings. The SMILES string of the molecule is COC(=O)c1sc(Br)c2c1N(C[C@H](N)[C@@H]1CC(F)(F)CN1)CC(F)(F)C2. The smallest absolute Gasteiger partial charge is 0.350 e. The van der Waals surface area contributed by atoms with Gasteiger partial charge >= 0.3 is 5.97 Å². The third-order valence-electron chi connectivity index (χ3n) is 4.56. The lowest BCUT2D eigenvalue weighted by molar-refractivity contribution is 0.00434. The molecule has 2 aliphatic heterocycles. The number of nitrogens with one attached hydrogen (secondary N) is 1. The Morgan fingerprint density at radius 2 is 2.15 bits per heavy atom. The van der Waals surface area contributed by atoms with E-state index in [0.717, 1.165) is 11.3 Å². The molecule has 1 aromatic heterocycles. The molecule has 0 amide bonds. The molecule has 2 atom stereocenters. The molecule has 11 heteroatoms. The number of esters is 1. The monoisotopic (exact) mass is 459 g/mol. The van der Waals surface area contributed by atoms with Gasteiger partial charge in [-0.05, 0) is 15.9 Å². The highest BCUT2D eigenvalue weighted by Gasteiger charge is 2.45. The molecule has 0 aliphatic carbocycles. The van der Waals surface area contributed by atoms with Crippen molar-refractivity contribution in [1.29, 1.82) is 0 Å². The van der Waals surface area contributed by atoms with Crippen molar-refractivity contribution in [2.24, 2.45) is 5.73 Å². The maximum absolute atomic E-state index is 14.2. The predicted molar refractivity (Wildman–Crippen MR) is 93.6 cm³/mol. The van der Waals surface area contributed by atoms with E-state index in [0.29, 0.717) is 15.0 Å². The topological polar surface area (TPSA) is 67.6 Å². The average Bonchev–Trinajstić information content (AvgIpc) is 3.06. The summed E-state index contributed by atoms with van der Waals surface area (Å²) >= 11 is 4.25. The van der Waals surface area contributed by atoms with Crippen LogP contribution in [0.3, 0.4) is 0 Å². The zero-order valence-corrected chi connectivity index (χ0v) is 16.2. The van der Waals surface area contributed by atoms with E-state index < -0.39 is 55.8 Å². The first-order valence-corrected chi connectivity index (χ1v) is 9.53. The van der Waals surface area contributed by atoms with Crippen LogP contribution in [0.15, 0.2) is 3.79 Å². The summed E-state index contributed by atoms with van der Waals surface area (Å²) < 4.78 is 60.4. The molecule has 1 fully saturated rings. The van der Waals surface area contributed by atoms with Gasteiger partial charge in [-0.2, -0.15) is 0 Å². The van der Waals surface area contributed by atoms with Gasteiger partial charge in [-0.15, -0.1) is 11.3 Å². The average molecular weight is 460 g/mol. The molecule has 0 saturated carbocycles. The first-order chi connectivity index (χ1) is 12.0. The van der Waals surface area contributed by atoms with Gasteiger partial charge in [0, 0.05) is 37.0 Å². The van der Waals surface area contributed by atoms with Crippen LogP contribution < -0.4 is 16.0 Å². The van der Waals surface area contributed by atoms with Crippen LogP contribution >= 0.6 is 27.3 Å². The number of hydrogen-bond donors (Lipinski definition) is 2. The van der Waals surface area contributed by atoms with E-state index in [-0.39, 0.29) is 11.4 Å². The Hall–Kier alpha value is -0.910. The van der Waals surface area contributed by atoms with Crippen molar-refractivity contribution in [3.63, 3.8) is 0 Å². The second-order valence-corrected chi connectivity index (χ2v) is 8.99. The first-order valence-electron chi connectivity index (χ1n) is 7.92. The van der Waals surface area contributed by atoms with Gasteiger partial charge in [-0.3, -0.25) is 0 Å². The quantitative estimate of drug-likeness (QED) is 0.535. The molecule has 3 N–H and O–H groups in total. The van der Waals surface area contributed by atoms with E-state index in [1.54, 1.807) is 0 Å². The Labute approximate surface area is 160 Å². The zero-order chi connectivity index (χ0) is 19.3. The summed E-state index contributed by atoms with van der Waals surface area (Å²) in [5.74, 6) is -6.51. The second kappa shape index (κ2) is 6.92. The number of thiophene rings is 1. The lowest BCUT2D eigenvalue weighted by atomic mass is 9.99. The molecule has 0 spiro atoms. The van der Waals surface area contributed by atoms with E-state index >= 15 is 0 Å². The molecule has 146 valence electrons. The van der Waals surface area contributed by atoms with Crippen molar-refractivity contribution in [2.45, 2.75) is 36.8 Å². The molecule has 5 nitrogen and oxygen atoms in total. The Morgan fingerprint density at radius 3 is 2.73 bits per heavy atom. The van der Waals surface area contributed by atoms with Crippen LogP contribution in [0.25, 0.3) is 0 Å².